The number of carbonyl (C=O) groups excluding carboxylic acids is 2. The molecule has 3 rings (SSSR count). The van der Waals surface area contributed by atoms with Crippen LogP contribution in [-0.4, -0.2) is 34.3 Å². The second-order valence-corrected chi connectivity index (χ2v) is 8.12. The molecule has 0 saturated heterocycles. The first kappa shape index (κ1) is 21.6. The molecule has 0 aliphatic heterocycles. The van der Waals surface area contributed by atoms with Gasteiger partial charge < -0.3 is 10.6 Å². The number of aromatic nitrogens is 2. The van der Waals surface area contributed by atoms with Gasteiger partial charge in [0.05, 0.1) is 0 Å². The molecule has 0 saturated carbocycles. The van der Waals surface area contributed by atoms with Gasteiger partial charge in [0.2, 0.25) is 5.91 Å². The van der Waals surface area contributed by atoms with Gasteiger partial charge in [0, 0.05) is 37.3 Å². The lowest BCUT2D eigenvalue weighted by Crippen LogP contribution is -2.45. The lowest BCUT2D eigenvalue weighted by Gasteiger charge is -2.36. The zero-order chi connectivity index (χ0) is 21.6. The number of rotatable bonds is 9. The Kier molecular flexibility index (Phi) is 6.87. The van der Waals surface area contributed by atoms with Crippen molar-refractivity contribution in [2.24, 2.45) is 5.92 Å². The molecule has 1 unspecified atom stereocenters. The predicted octanol–water partition coefficient (Wildman–Crippen LogP) is 3.57. The lowest BCUT2D eigenvalue weighted by atomic mass is 9.71. The number of hydrogen-bond donors (Lipinski definition) is 2. The average Bonchev–Trinajstić information content (AvgIpc) is 3.21. The van der Waals surface area contributed by atoms with E-state index in [1.807, 2.05) is 49.4 Å². The molecule has 30 heavy (non-hydrogen) atoms. The van der Waals surface area contributed by atoms with E-state index in [4.69, 9.17) is 0 Å². The van der Waals surface area contributed by atoms with Crippen LogP contribution in [0.2, 0.25) is 0 Å². The van der Waals surface area contributed by atoms with Crippen LogP contribution in [0.1, 0.15) is 49.7 Å². The van der Waals surface area contributed by atoms with Gasteiger partial charge in [-0.1, -0.05) is 50.2 Å². The zero-order valence-electron chi connectivity index (χ0n) is 17.9. The van der Waals surface area contributed by atoms with E-state index < -0.39 is 5.41 Å². The third kappa shape index (κ3) is 4.87. The number of amides is 2. The summed E-state index contributed by atoms with van der Waals surface area (Å²) in [5.41, 5.74) is 1.81. The van der Waals surface area contributed by atoms with Crippen molar-refractivity contribution in [3.8, 4) is 0 Å². The first-order chi connectivity index (χ1) is 14.4. The van der Waals surface area contributed by atoms with Crippen LogP contribution in [0, 0.1) is 5.92 Å². The van der Waals surface area contributed by atoms with Gasteiger partial charge in [-0.05, 0) is 37.0 Å². The van der Waals surface area contributed by atoms with Crippen molar-refractivity contribution < 1.29 is 9.59 Å². The van der Waals surface area contributed by atoms with Crippen molar-refractivity contribution in [1.82, 2.24) is 20.0 Å². The van der Waals surface area contributed by atoms with Gasteiger partial charge in [0.1, 0.15) is 11.3 Å². The van der Waals surface area contributed by atoms with Crippen LogP contribution in [0.25, 0.3) is 5.65 Å². The minimum atomic E-state index is -0.493. The minimum absolute atomic E-state index is 0.00652. The Labute approximate surface area is 177 Å². The molecule has 0 spiro atoms. The van der Waals surface area contributed by atoms with Gasteiger partial charge in [-0.3, -0.25) is 14.0 Å². The minimum Gasteiger partial charge on any atom is -0.356 e. The number of imidazole rings is 1. The Morgan fingerprint density at radius 1 is 1.07 bits per heavy atom. The maximum absolute atomic E-state index is 13.1. The van der Waals surface area contributed by atoms with Gasteiger partial charge in [-0.25, -0.2) is 4.98 Å². The second-order valence-electron chi connectivity index (χ2n) is 8.12. The molecule has 0 bridgehead atoms. The maximum atomic E-state index is 13.1. The maximum Gasteiger partial charge on any atom is 0.268 e. The standard InChI is InChI=1S/C24H30N4O2/c1-4-25-22(29)16-24(15-18(2)3,19-9-6-5-7-10-19)17-27-23(30)20-11-8-12-21-26-13-14-28(20)21/h5-14,18H,4,15-17H2,1-3H3,(H,25,29)(H,27,30). The molecule has 6 heteroatoms. The van der Waals surface area contributed by atoms with E-state index >= 15 is 0 Å². The molecule has 158 valence electrons. The van der Waals surface area contributed by atoms with E-state index in [2.05, 4.69) is 29.5 Å². The molecule has 6 nitrogen and oxygen atoms in total. The highest BCUT2D eigenvalue weighted by Crippen LogP contribution is 2.34. The molecule has 3 aromatic rings. The topological polar surface area (TPSA) is 75.5 Å². The number of carbonyl (C=O) groups is 2. The zero-order valence-corrected chi connectivity index (χ0v) is 17.9. The fourth-order valence-electron chi connectivity index (χ4n) is 4.14. The number of nitrogens with one attached hydrogen (secondary N) is 2. The smallest absolute Gasteiger partial charge is 0.268 e. The number of fused-ring (bicyclic) bond motifs is 1. The number of nitrogens with zero attached hydrogens (tertiary/aromatic N) is 2. The van der Waals surface area contributed by atoms with E-state index in [-0.39, 0.29) is 11.8 Å². The van der Waals surface area contributed by atoms with Crippen molar-refractivity contribution in [2.75, 3.05) is 13.1 Å². The van der Waals surface area contributed by atoms with Crippen LogP contribution in [0.4, 0.5) is 0 Å². The summed E-state index contributed by atoms with van der Waals surface area (Å²) >= 11 is 0. The summed E-state index contributed by atoms with van der Waals surface area (Å²) in [6.07, 6.45) is 4.55. The Hall–Kier alpha value is -3.15. The Bertz CT molecular complexity index is 997. The van der Waals surface area contributed by atoms with E-state index in [1.165, 1.54) is 0 Å². The normalized spacial score (nSPS) is 13.2. The molecule has 0 radical (unpaired) electrons. The molecular weight excluding hydrogens is 376 g/mol. The van der Waals surface area contributed by atoms with Crippen LogP contribution in [0.15, 0.2) is 60.9 Å². The summed E-state index contributed by atoms with van der Waals surface area (Å²) in [7, 11) is 0. The molecule has 2 amide bonds. The van der Waals surface area contributed by atoms with Gasteiger partial charge in [-0.15, -0.1) is 0 Å². The Balaban J connectivity index is 1.91. The average molecular weight is 407 g/mol. The van der Waals surface area contributed by atoms with E-state index in [0.717, 1.165) is 17.6 Å². The van der Waals surface area contributed by atoms with Crippen molar-refractivity contribution in [2.45, 2.75) is 39.0 Å². The highest BCUT2D eigenvalue weighted by molar-refractivity contribution is 5.93. The molecule has 2 N–H and O–H groups in total. The molecule has 1 atom stereocenters. The van der Waals surface area contributed by atoms with E-state index in [9.17, 15) is 9.59 Å². The summed E-state index contributed by atoms with van der Waals surface area (Å²) in [6, 6.07) is 15.5. The third-order valence-electron chi connectivity index (χ3n) is 5.31. The van der Waals surface area contributed by atoms with Crippen LogP contribution >= 0.6 is 0 Å². The van der Waals surface area contributed by atoms with Crippen molar-refractivity contribution in [1.29, 1.82) is 0 Å². The number of pyridine rings is 1. The monoisotopic (exact) mass is 406 g/mol. The molecule has 0 aliphatic carbocycles. The van der Waals surface area contributed by atoms with Crippen molar-refractivity contribution >= 4 is 17.5 Å². The van der Waals surface area contributed by atoms with Crippen LogP contribution in [-0.2, 0) is 10.2 Å². The predicted molar refractivity (Wildman–Crippen MR) is 118 cm³/mol. The van der Waals surface area contributed by atoms with Gasteiger partial charge in [0.15, 0.2) is 0 Å². The highest BCUT2D eigenvalue weighted by Gasteiger charge is 2.36. The molecular formula is C24H30N4O2. The largest absolute Gasteiger partial charge is 0.356 e. The van der Waals surface area contributed by atoms with Gasteiger partial charge in [-0.2, -0.15) is 0 Å². The third-order valence-corrected chi connectivity index (χ3v) is 5.31. The molecule has 0 fully saturated rings. The van der Waals surface area contributed by atoms with E-state index in [1.54, 1.807) is 22.9 Å². The molecule has 1 aromatic carbocycles. The van der Waals surface area contributed by atoms with Crippen molar-refractivity contribution in [3.05, 3.63) is 72.2 Å². The molecule has 2 heterocycles. The summed E-state index contributed by atoms with van der Waals surface area (Å²) in [5, 5.41) is 6.03. The lowest BCUT2D eigenvalue weighted by molar-refractivity contribution is -0.122. The Morgan fingerprint density at radius 3 is 2.53 bits per heavy atom. The summed E-state index contributed by atoms with van der Waals surface area (Å²) in [6.45, 7) is 7.15. The second kappa shape index (κ2) is 9.57. The summed E-state index contributed by atoms with van der Waals surface area (Å²) < 4.78 is 1.77. The van der Waals surface area contributed by atoms with Gasteiger partial charge >= 0.3 is 0 Å². The first-order valence-corrected chi connectivity index (χ1v) is 10.5. The fraction of sp³-hybridized carbons (Fsp3) is 0.375. The van der Waals surface area contributed by atoms with Gasteiger partial charge in [0.25, 0.3) is 5.91 Å². The molecule has 0 aliphatic rings. The number of benzene rings is 1. The number of hydrogen-bond acceptors (Lipinski definition) is 3. The highest BCUT2D eigenvalue weighted by atomic mass is 16.2. The SMILES string of the molecule is CCNC(=O)CC(CNC(=O)c1cccc2nccn12)(CC(C)C)c1ccccc1. The summed E-state index contributed by atoms with van der Waals surface area (Å²) in [5.74, 6) is 0.167. The van der Waals surface area contributed by atoms with Crippen molar-refractivity contribution in [3.63, 3.8) is 0 Å². The molecule has 2 aromatic heterocycles. The quantitative estimate of drug-likeness (QED) is 0.570. The summed E-state index contributed by atoms with van der Waals surface area (Å²) in [4.78, 5) is 30.0. The fourth-order valence-corrected chi connectivity index (χ4v) is 4.14. The van der Waals surface area contributed by atoms with Crippen LogP contribution in [0.3, 0.4) is 0 Å². The van der Waals surface area contributed by atoms with E-state index in [0.29, 0.717) is 31.1 Å². The Morgan fingerprint density at radius 2 is 1.83 bits per heavy atom. The first-order valence-electron chi connectivity index (χ1n) is 10.5. The van der Waals surface area contributed by atoms with Crippen LogP contribution < -0.4 is 10.6 Å². The van der Waals surface area contributed by atoms with Crippen LogP contribution in [0.5, 0.6) is 0 Å².